The number of nitrogens with one attached hydrogen (secondary N) is 1. The fourth-order valence-corrected chi connectivity index (χ4v) is 4.37. The van der Waals surface area contributed by atoms with Crippen LogP contribution in [-0.2, 0) is 29.2 Å². The van der Waals surface area contributed by atoms with Crippen LogP contribution in [0.25, 0.3) is 10.9 Å². The third kappa shape index (κ3) is 5.48. The second-order valence-corrected chi connectivity index (χ2v) is 8.84. The molecular formula is C25H30N6O4. The van der Waals surface area contributed by atoms with Gasteiger partial charge in [0.1, 0.15) is 12.3 Å². The number of nitrogens with zero attached hydrogens (tertiary/aromatic N) is 5. The molecule has 0 aliphatic heterocycles. The topological polar surface area (TPSA) is 119 Å². The summed E-state index contributed by atoms with van der Waals surface area (Å²) in [4.78, 5) is 30.4. The summed E-state index contributed by atoms with van der Waals surface area (Å²) in [5, 5.41) is 13.1. The van der Waals surface area contributed by atoms with E-state index in [1.807, 2.05) is 43.3 Å². The number of carbonyl (C=O) groups is 1. The molecule has 0 amide bonds. The summed E-state index contributed by atoms with van der Waals surface area (Å²) in [6.45, 7) is 8.77. The summed E-state index contributed by atoms with van der Waals surface area (Å²) in [6, 6.07) is 11.3. The highest BCUT2D eigenvalue weighted by molar-refractivity contribution is 5.81. The molecule has 1 aromatic carbocycles. The molecule has 4 aromatic rings. The summed E-state index contributed by atoms with van der Waals surface area (Å²) in [7, 11) is 0. The van der Waals surface area contributed by atoms with Crippen molar-refractivity contribution >= 4 is 16.9 Å². The van der Waals surface area contributed by atoms with Crippen molar-refractivity contribution in [1.82, 2.24) is 30.1 Å². The molecule has 0 aliphatic rings. The Balaban J connectivity index is 1.74. The first-order chi connectivity index (χ1) is 16.9. The Morgan fingerprint density at radius 1 is 1.23 bits per heavy atom. The van der Waals surface area contributed by atoms with Crippen molar-refractivity contribution in [3.05, 3.63) is 75.7 Å². The number of aromatic amines is 1. The van der Waals surface area contributed by atoms with Crippen LogP contribution in [0.2, 0.25) is 0 Å². The number of esters is 1. The van der Waals surface area contributed by atoms with Crippen LogP contribution in [0.1, 0.15) is 49.5 Å². The number of H-pyrrole nitrogens is 1. The zero-order valence-electron chi connectivity index (χ0n) is 20.4. The molecule has 0 bridgehead atoms. The fraction of sp³-hybridized carbons (Fsp3) is 0.400. The molecule has 1 N–H and O–H groups in total. The first-order valence-electron chi connectivity index (χ1n) is 11.7. The van der Waals surface area contributed by atoms with Gasteiger partial charge in [-0.3, -0.25) is 14.5 Å². The van der Waals surface area contributed by atoms with Gasteiger partial charge in [0.15, 0.2) is 5.82 Å². The number of aromatic nitrogens is 5. The smallest absolute Gasteiger partial charge is 0.327 e. The quantitative estimate of drug-likeness (QED) is 0.345. The molecule has 4 rings (SSSR count). The van der Waals surface area contributed by atoms with E-state index >= 15 is 0 Å². The number of hydrogen-bond acceptors (Lipinski definition) is 8. The Labute approximate surface area is 202 Å². The van der Waals surface area contributed by atoms with Crippen LogP contribution in [0, 0.1) is 12.8 Å². The summed E-state index contributed by atoms with van der Waals surface area (Å²) in [6.07, 6.45) is 1.62. The Morgan fingerprint density at radius 3 is 2.77 bits per heavy atom. The van der Waals surface area contributed by atoms with Gasteiger partial charge in [-0.25, -0.2) is 4.68 Å². The summed E-state index contributed by atoms with van der Waals surface area (Å²) >= 11 is 0. The second-order valence-electron chi connectivity index (χ2n) is 8.84. The molecule has 1 atom stereocenters. The zero-order valence-corrected chi connectivity index (χ0v) is 20.4. The highest BCUT2D eigenvalue weighted by atomic mass is 16.5. The molecule has 0 saturated heterocycles. The van der Waals surface area contributed by atoms with Crippen molar-refractivity contribution in [3.63, 3.8) is 0 Å². The van der Waals surface area contributed by atoms with Crippen LogP contribution in [-0.4, -0.2) is 42.7 Å². The van der Waals surface area contributed by atoms with Gasteiger partial charge >= 0.3 is 5.97 Å². The van der Waals surface area contributed by atoms with E-state index in [9.17, 15) is 9.59 Å². The number of para-hydroxylation sites is 1. The Hall–Kier alpha value is -3.79. The van der Waals surface area contributed by atoms with E-state index in [1.54, 1.807) is 13.2 Å². The van der Waals surface area contributed by atoms with E-state index in [1.165, 1.54) is 4.68 Å². The zero-order chi connectivity index (χ0) is 24.9. The third-order valence-corrected chi connectivity index (χ3v) is 5.91. The van der Waals surface area contributed by atoms with Crippen molar-refractivity contribution in [1.29, 1.82) is 0 Å². The maximum absolute atomic E-state index is 13.1. The van der Waals surface area contributed by atoms with Gasteiger partial charge in [0, 0.05) is 12.1 Å². The molecule has 3 heterocycles. The van der Waals surface area contributed by atoms with Crippen molar-refractivity contribution in [3.8, 4) is 0 Å². The molecule has 35 heavy (non-hydrogen) atoms. The van der Waals surface area contributed by atoms with Gasteiger partial charge in [-0.2, -0.15) is 0 Å². The SMILES string of the molecule is CCOC(=O)Cn1nnnc1[C@@H](C(C)C)N(Cc1ccco1)Cc1cc2cccc(C)c2[nH]c1=O. The molecule has 10 heteroatoms. The van der Waals surface area contributed by atoms with Gasteiger partial charge < -0.3 is 14.1 Å². The van der Waals surface area contributed by atoms with Crippen LogP contribution in [0.3, 0.4) is 0 Å². The normalized spacial score (nSPS) is 12.5. The summed E-state index contributed by atoms with van der Waals surface area (Å²) in [5.74, 6) is 0.905. The van der Waals surface area contributed by atoms with Gasteiger partial charge in [-0.05, 0) is 59.3 Å². The first kappa shape index (κ1) is 24.3. The largest absolute Gasteiger partial charge is 0.468 e. The van der Waals surface area contributed by atoms with Gasteiger partial charge in [0.05, 0.1) is 31.0 Å². The molecule has 0 spiro atoms. The lowest BCUT2D eigenvalue weighted by Crippen LogP contribution is -2.35. The van der Waals surface area contributed by atoms with Crippen molar-refractivity contribution in [2.75, 3.05) is 6.61 Å². The van der Waals surface area contributed by atoms with Gasteiger partial charge in [0.25, 0.3) is 5.56 Å². The van der Waals surface area contributed by atoms with Gasteiger partial charge in [0.2, 0.25) is 0 Å². The molecule has 0 aliphatic carbocycles. The summed E-state index contributed by atoms with van der Waals surface area (Å²) in [5.41, 5.74) is 2.31. The van der Waals surface area contributed by atoms with E-state index in [0.29, 0.717) is 24.5 Å². The van der Waals surface area contributed by atoms with E-state index in [4.69, 9.17) is 9.15 Å². The van der Waals surface area contributed by atoms with Crippen LogP contribution in [0.4, 0.5) is 0 Å². The molecule has 10 nitrogen and oxygen atoms in total. The minimum atomic E-state index is -0.414. The highest BCUT2D eigenvalue weighted by Crippen LogP contribution is 2.30. The third-order valence-electron chi connectivity index (χ3n) is 5.91. The number of pyridine rings is 1. The maximum Gasteiger partial charge on any atom is 0.327 e. The number of fused-ring (bicyclic) bond motifs is 1. The average Bonchev–Trinajstić information content (AvgIpc) is 3.48. The van der Waals surface area contributed by atoms with Crippen molar-refractivity contribution < 1.29 is 13.9 Å². The highest BCUT2D eigenvalue weighted by Gasteiger charge is 2.31. The predicted molar refractivity (Wildman–Crippen MR) is 129 cm³/mol. The Bertz CT molecular complexity index is 1340. The maximum atomic E-state index is 13.1. The van der Waals surface area contributed by atoms with E-state index in [0.717, 1.165) is 22.2 Å². The second kappa shape index (κ2) is 10.6. The molecule has 0 radical (unpaired) electrons. The molecule has 0 unspecified atom stereocenters. The lowest BCUT2D eigenvalue weighted by atomic mass is 10.00. The summed E-state index contributed by atoms with van der Waals surface area (Å²) < 4.78 is 12.2. The lowest BCUT2D eigenvalue weighted by molar-refractivity contribution is -0.144. The molecule has 3 aromatic heterocycles. The fourth-order valence-electron chi connectivity index (χ4n) is 4.37. The Morgan fingerprint density at radius 2 is 2.06 bits per heavy atom. The number of ether oxygens (including phenoxy) is 1. The first-order valence-corrected chi connectivity index (χ1v) is 11.7. The standard InChI is InChI=1S/C25H30N6O4/c1-5-34-21(32)15-31-24(27-28-29-31)23(16(2)3)30(14-20-10-7-11-35-20)13-19-12-18-9-6-8-17(4)22(18)26-25(19)33/h6-12,16,23H,5,13-15H2,1-4H3,(H,26,33)/t23-/m1/s1. The lowest BCUT2D eigenvalue weighted by Gasteiger charge is -2.32. The number of furan rings is 1. The number of tetrazole rings is 1. The van der Waals surface area contributed by atoms with Crippen LogP contribution >= 0.6 is 0 Å². The number of aryl methyl sites for hydroxylation is 1. The minimum Gasteiger partial charge on any atom is -0.468 e. The Kier molecular flexibility index (Phi) is 7.40. The van der Waals surface area contributed by atoms with Crippen molar-refractivity contribution in [2.45, 2.75) is 53.4 Å². The average molecular weight is 479 g/mol. The van der Waals surface area contributed by atoms with Crippen LogP contribution < -0.4 is 5.56 Å². The predicted octanol–water partition coefficient (Wildman–Crippen LogP) is 3.38. The van der Waals surface area contributed by atoms with Crippen LogP contribution in [0.5, 0.6) is 0 Å². The van der Waals surface area contributed by atoms with Gasteiger partial charge in [-0.1, -0.05) is 32.0 Å². The monoisotopic (exact) mass is 478 g/mol. The van der Waals surface area contributed by atoms with E-state index in [-0.39, 0.29) is 30.7 Å². The van der Waals surface area contributed by atoms with Crippen molar-refractivity contribution in [2.24, 2.45) is 5.92 Å². The van der Waals surface area contributed by atoms with E-state index < -0.39 is 5.97 Å². The van der Waals surface area contributed by atoms with Crippen LogP contribution in [0.15, 0.2) is 51.9 Å². The number of rotatable bonds is 10. The van der Waals surface area contributed by atoms with E-state index in [2.05, 4.69) is 39.3 Å². The molecular weight excluding hydrogens is 448 g/mol. The van der Waals surface area contributed by atoms with Gasteiger partial charge in [-0.15, -0.1) is 5.10 Å². The molecule has 0 fully saturated rings. The number of carbonyl (C=O) groups excluding carboxylic acids is 1. The molecule has 0 saturated carbocycles. The minimum absolute atomic E-state index is 0.0543. The molecule has 184 valence electrons. The number of hydrogen-bond donors (Lipinski definition) is 1. The number of benzene rings is 1.